The van der Waals surface area contributed by atoms with Crippen molar-refractivity contribution in [1.29, 1.82) is 0 Å². The number of non-ortho nitro benzene ring substituents is 1. The SMILES string of the molecule is CC(=O)Oc1ccc(C2=NN(C(C)=O)[C@H](c3cc([N+](=O)[O-])ccc3Cl)O2)c(OC(C)=O)c1. The maximum absolute atomic E-state index is 12.2. The van der Waals surface area contributed by atoms with Crippen LogP contribution in [0.2, 0.25) is 5.02 Å². The molecule has 0 spiro atoms. The van der Waals surface area contributed by atoms with Gasteiger partial charge < -0.3 is 14.2 Å². The summed E-state index contributed by atoms with van der Waals surface area (Å²) in [6, 6.07) is 7.83. The first-order chi connectivity index (χ1) is 15.1. The van der Waals surface area contributed by atoms with Crippen molar-refractivity contribution in [1.82, 2.24) is 5.01 Å². The Balaban J connectivity index is 2.05. The molecule has 0 aliphatic carbocycles. The summed E-state index contributed by atoms with van der Waals surface area (Å²) in [5.41, 5.74) is 0.0584. The van der Waals surface area contributed by atoms with Gasteiger partial charge in [-0.05, 0) is 18.2 Å². The molecule has 1 aliphatic rings. The number of carbonyl (C=O) groups excluding carboxylic acids is 3. The van der Waals surface area contributed by atoms with Crippen molar-refractivity contribution in [3.05, 3.63) is 62.7 Å². The fraction of sp³-hybridized carbons (Fsp3) is 0.200. The van der Waals surface area contributed by atoms with E-state index in [-0.39, 0.29) is 39.2 Å². The molecule has 1 aliphatic heterocycles. The third kappa shape index (κ3) is 4.83. The largest absolute Gasteiger partial charge is 0.446 e. The van der Waals surface area contributed by atoms with E-state index in [9.17, 15) is 24.5 Å². The Morgan fingerprint density at radius 3 is 2.38 bits per heavy atom. The summed E-state index contributed by atoms with van der Waals surface area (Å²) in [5, 5.41) is 16.4. The van der Waals surface area contributed by atoms with E-state index in [1.807, 2.05) is 0 Å². The molecule has 11 nitrogen and oxygen atoms in total. The van der Waals surface area contributed by atoms with Crippen LogP contribution in [0, 0.1) is 10.1 Å². The quantitative estimate of drug-likeness (QED) is 0.286. The van der Waals surface area contributed by atoms with E-state index in [1.54, 1.807) is 0 Å². The molecule has 32 heavy (non-hydrogen) atoms. The fourth-order valence-electron chi connectivity index (χ4n) is 2.86. The minimum absolute atomic E-state index is 0.0377. The lowest BCUT2D eigenvalue weighted by Crippen LogP contribution is -2.25. The number of hydrazone groups is 1. The minimum Gasteiger partial charge on any atom is -0.446 e. The van der Waals surface area contributed by atoms with Gasteiger partial charge in [-0.1, -0.05) is 11.6 Å². The molecule has 0 bridgehead atoms. The second-order valence-electron chi connectivity index (χ2n) is 6.55. The van der Waals surface area contributed by atoms with Crippen molar-refractivity contribution in [2.45, 2.75) is 27.0 Å². The molecule has 1 atom stereocenters. The van der Waals surface area contributed by atoms with Gasteiger partial charge in [0.05, 0.1) is 10.5 Å². The molecular weight excluding hydrogens is 446 g/mol. The van der Waals surface area contributed by atoms with Crippen LogP contribution in [0.4, 0.5) is 5.69 Å². The summed E-state index contributed by atoms with van der Waals surface area (Å²) >= 11 is 6.20. The van der Waals surface area contributed by atoms with Crippen LogP contribution in [0.3, 0.4) is 0 Å². The Kier molecular flexibility index (Phi) is 6.40. The van der Waals surface area contributed by atoms with Crippen molar-refractivity contribution in [2.24, 2.45) is 5.10 Å². The molecule has 12 heteroatoms. The number of ether oxygens (including phenoxy) is 3. The molecule has 2 aromatic carbocycles. The van der Waals surface area contributed by atoms with E-state index in [1.165, 1.54) is 57.2 Å². The predicted octanol–water partition coefficient (Wildman–Crippen LogP) is 3.34. The molecule has 166 valence electrons. The zero-order valence-electron chi connectivity index (χ0n) is 17.0. The highest BCUT2D eigenvalue weighted by molar-refractivity contribution is 6.31. The summed E-state index contributed by atoms with van der Waals surface area (Å²) in [7, 11) is 0. The Hall–Kier alpha value is -3.99. The van der Waals surface area contributed by atoms with Crippen molar-refractivity contribution in [2.75, 3.05) is 0 Å². The molecule has 0 N–H and O–H groups in total. The molecule has 0 saturated carbocycles. The van der Waals surface area contributed by atoms with Gasteiger partial charge >= 0.3 is 11.9 Å². The Morgan fingerprint density at radius 1 is 1.09 bits per heavy atom. The van der Waals surface area contributed by atoms with E-state index in [0.717, 1.165) is 5.01 Å². The highest BCUT2D eigenvalue weighted by Gasteiger charge is 2.36. The Labute approximate surface area is 186 Å². The normalized spacial score (nSPS) is 14.9. The van der Waals surface area contributed by atoms with Crippen molar-refractivity contribution in [3.8, 4) is 11.5 Å². The summed E-state index contributed by atoms with van der Waals surface area (Å²) < 4.78 is 16.0. The van der Waals surface area contributed by atoms with E-state index in [4.69, 9.17) is 25.8 Å². The maximum atomic E-state index is 12.2. The number of nitrogens with zero attached hydrogens (tertiary/aromatic N) is 3. The average Bonchev–Trinajstić information content (AvgIpc) is 3.12. The number of hydrogen-bond donors (Lipinski definition) is 0. The molecule has 0 unspecified atom stereocenters. The second-order valence-corrected chi connectivity index (χ2v) is 6.95. The number of nitro benzene ring substituents is 1. The molecule has 0 fully saturated rings. The molecule has 3 rings (SSSR count). The van der Waals surface area contributed by atoms with Gasteiger partial charge in [0.25, 0.3) is 5.69 Å². The van der Waals surface area contributed by atoms with Crippen LogP contribution in [0.1, 0.15) is 38.1 Å². The molecule has 0 saturated heterocycles. The van der Waals surface area contributed by atoms with Gasteiger partial charge in [0.15, 0.2) is 0 Å². The standard InChI is InChI=1S/C20H16ClN3O8/c1-10(25)23-20(16-8-13(24(28)29)4-7-17(16)21)32-19(22-23)15-6-5-14(30-11(2)26)9-18(15)31-12(3)27/h4-9,20H,1-3H3/t20-/m0/s1. The lowest BCUT2D eigenvalue weighted by atomic mass is 10.1. The number of benzene rings is 2. The fourth-order valence-corrected chi connectivity index (χ4v) is 3.07. The van der Waals surface area contributed by atoms with Crippen molar-refractivity contribution in [3.63, 3.8) is 0 Å². The van der Waals surface area contributed by atoms with Crippen molar-refractivity contribution < 1.29 is 33.5 Å². The Morgan fingerprint density at radius 2 is 1.78 bits per heavy atom. The van der Waals surface area contributed by atoms with Crippen LogP contribution in [0.25, 0.3) is 0 Å². The van der Waals surface area contributed by atoms with Crippen LogP contribution < -0.4 is 9.47 Å². The molecule has 0 aromatic heterocycles. The van der Waals surface area contributed by atoms with Crippen LogP contribution in [-0.4, -0.2) is 33.7 Å². The third-order valence-corrected chi connectivity index (χ3v) is 4.47. The van der Waals surface area contributed by atoms with Gasteiger partial charge in [0.1, 0.15) is 11.5 Å². The number of amides is 1. The zero-order chi connectivity index (χ0) is 23.6. The topological polar surface area (TPSA) is 138 Å². The number of carbonyl (C=O) groups is 3. The van der Waals surface area contributed by atoms with E-state index in [0.29, 0.717) is 0 Å². The van der Waals surface area contributed by atoms with Gasteiger partial charge in [-0.25, -0.2) is 0 Å². The van der Waals surface area contributed by atoms with Crippen LogP contribution >= 0.6 is 11.6 Å². The number of nitro groups is 1. The summed E-state index contributed by atoms with van der Waals surface area (Å²) in [6.45, 7) is 3.61. The lowest BCUT2D eigenvalue weighted by Gasteiger charge is -2.20. The van der Waals surface area contributed by atoms with Gasteiger partial charge in [0, 0.05) is 49.6 Å². The van der Waals surface area contributed by atoms with Crippen LogP contribution in [0.15, 0.2) is 41.5 Å². The molecule has 1 heterocycles. The first-order valence-electron chi connectivity index (χ1n) is 9.07. The number of halogens is 1. The molecule has 0 radical (unpaired) electrons. The number of hydrogen-bond acceptors (Lipinski definition) is 9. The summed E-state index contributed by atoms with van der Waals surface area (Å²) in [5.74, 6) is -1.81. The average molecular weight is 462 g/mol. The first kappa shape index (κ1) is 22.7. The van der Waals surface area contributed by atoms with Gasteiger partial charge in [-0.15, -0.1) is 5.10 Å². The smallest absolute Gasteiger partial charge is 0.308 e. The highest BCUT2D eigenvalue weighted by Crippen LogP contribution is 2.38. The second kappa shape index (κ2) is 9.02. The van der Waals surface area contributed by atoms with Gasteiger partial charge in [0.2, 0.25) is 18.0 Å². The maximum Gasteiger partial charge on any atom is 0.308 e. The van der Waals surface area contributed by atoms with E-state index >= 15 is 0 Å². The van der Waals surface area contributed by atoms with Crippen LogP contribution in [-0.2, 0) is 19.1 Å². The summed E-state index contributed by atoms with van der Waals surface area (Å²) in [6.07, 6.45) is -1.20. The third-order valence-electron chi connectivity index (χ3n) is 4.12. The first-order valence-corrected chi connectivity index (χ1v) is 9.44. The number of rotatable bonds is 5. The minimum atomic E-state index is -1.20. The lowest BCUT2D eigenvalue weighted by molar-refractivity contribution is -0.385. The molecule has 2 aromatic rings. The molecular formula is C20H16ClN3O8. The Bertz CT molecular complexity index is 1160. The predicted molar refractivity (Wildman–Crippen MR) is 110 cm³/mol. The summed E-state index contributed by atoms with van der Waals surface area (Å²) in [4.78, 5) is 45.5. The van der Waals surface area contributed by atoms with Crippen molar-refractivity contribution >= 4 is 41.0 Å². The molecule has 1 amide bonds. The van der Waals surface area contributed by atoms with Gasteiger partial charge in [-0.2, -0.15) is 5.01 Å². The van der Waals surface area contributed by atoms with Crippen LogP contribution in [0.5, 0.6) is 11.5 Å². The zero-order valence-corrected chi connectivity index (χ0v) is 17.8. The number of esters is 2. The van der Waals surface area contributed by atoms with Gasteiger partial charge in [-0.3, -0.25) is 24.5 Å². The van der Waals surface area contributed by atoms with E-state index < -0.39 is 29.0 Å². The monoisotopic (exact) mass is 461 g/mol. The highest BCUT2D eigenvalue weighted by atomic mass is 35.5. The van der Waals surface area contributed by atoms with E-state index in [2.05, 4.69) is 5.10 Å².